The second kappa shape index (κ2) is 16.1. The lowest BCUT2D eigenvalue weighted by Gasteiger charge is -2.35. The average Bonchev–Trinajstić information content (AvgIpc) is 3.70. The first-order valence-electron chi connectivity index (χ1n) is 18.3. The number of hydrogen-bond acceptors (Lipinski definition) is 10. The largest absolute Gasteiger partial charge is 0.464 e. The number of hydrazine groups is 1. The zero-order valence-corrected chi connectivity index (χ0v) is 32.5. The summed E-state index contributed by atoms with van der Waals surface area (Å²) in [5.74, 6) is -0.510. The molecule has 2 aliphatic rings. The molecule has 0 spiro atoms. The lowest BCUT2D eigenvalue weighted by Crippen LogP contribution is -2.60. The number of aryl methyl sites for hydroxylation is 1. The van der Waals surface area contributed by atoms with Crippen molar-refractivity contribution in [1.82, 2.24) is 25.3 Å². The van der Waals surface area contributed by atoms with Gasteiger partial charge in [-0.25, -0.2) is 15.2 Å². The molecule has 2 aromatic heterocycles. The van der Waals surface area contributed by atoms with Crippen molar-refractivity contribution < 1.29 is 33.0 Å². The van der Waals surface area contributed by atoms with Crippen LogP contribution in [0.2, 0.25) is 0 Å². The third-order valence-electron chi connectivity index (χ3n) is 9.42. The van der Waals surface area contributed by atoms with E-state index in [2.05, 4.69) is 54.8 Å². The van der Waals surface area contributed by atoms with Gasteiger partial charge in [-0.05, 0) is 84.6 Å². The number of oxazole rings is 1. The van der Waals surface area contributed by atoms with E-state index in [0.29, 0.717) is 43.9 Å². The fourth-order valence-electron chi connectivity index (χ4n) is 6.93. The molecule has 0 radical (unpaired) electrons. The van der Waals surface area contributed by atoms with Gasteiger partial charge in [0.15, 0.2) is 0 Å². The number of rotatable bonds is 7. The molecule has 2 amide bonds. The smallest absolute Gasteiger partial charge is 0.408 e. The van der Waals surface area contributed by atoms with Crippen LogP contribution in [0, 0.1) is 5.41 Å². The van der Waals surface area contributed by atoms with Crippen LogP contribution in [0.3, 0.4) is 0 Å². The molecule has 4 heterocycles. The van der Waals surface area contributed by atoms with Crippen LogP contribution >= 0.6 is 0 Å². The second-order valence-electron chi connectivity index (χ2n) is 15.4. The summed E-state index contributed by atoms with van der Waals surface area (Å²) in [6.07, 6.45) is 5.65. The third-order valence-corrected chi connectivity index (χ3v) is 9.42. The number of ether oxygens (including phenoxy) is 3. The first-order valence-corrected chi connectivity index (χ1v) is 18.3. The van der Waals surface area contributed by atoms with Gasteiger partial charge in [-0.15, -0.1) is 0 Å². The zero-order valence-electron chi connectivity index (χ0n) is 32.5. The Morgan fingerprint density at radius 2 is 2.04 bits per heavy atom. The summed E-state index contributed by atoms with van der Waals surface area (Å²) in [6, 6.07) is 4.27. The van der Waals surface area contributed by atoms with Gasteiger partial charge in [-0.1, -0.05) is 26.5 Å². The van der Waals surface area contributed by atoms with Gasteiger partial charge in [0.05, 0.1) is 29.8 Å². The highest BCUT2D eigenvalue weighted by molar-refractivity contribution is 5.95. The number of carbonyl (C=O) groups excluding carboxylic acids is 3. The molecular formula is C40H54N6O7. The van der Waals surface area contributed by atoms with E-state index in [1.807, 2.05) is 26.0 Å². The number of methoxy groups -OCH3 is 1. The van der Waals surface area contributed by atoms with Crippen molar-refractivity contribution in [2.45, 2.75) is 111 Å². The van der Waals surface area contributed by atoms with Crippen molar-refractivity contribution in [3.8, 4) is 11.5 Å². The first kappa shape index (κ1) is 39.5. The molecule has 1 saturated heterocycles. The standard InChI is InChI=1S/C40H54N6O7/c1-11-27(33(41-12-2)24(4)50-10)34-29-21-40(8,9)23-52-37(48)30-15-14-18-46(44-30)36(47)31(43-38(49)53-39(5,6)7)20-26-22-51-35(42-26)25-16-17-32(28(29)19-25)45(34)13-3/h11-12,16-17,19,22,24,30-31,44H,1,13-15,18,20-21,23H2,2-10H3,(H,43,49)/b33-27+,41-12-/t24-,30-,31-/m0/s1. The van der Waals surface area contributed by atoms with E-state index in [-0.39, 0.29) is 19.1 Å². The minimum atomic E-state index is -1.06. The van der Waals surface area contributed by atoms with Gasteiger partial charge in [0.25, 0.3) is 5.91 Å². The molecule has 2 N–H and O–H groups in total. The van der Waals surface area contributed by atoms with Crippen molar-refractivity contribution in [2.75, 3.05) is 20.3 Å². The molecule has 0 unspecified atom stereocenters. The first-order chi connectivity index (χ1) is 25.1. The molecule has 286 valence electrons. The number of alkyl carbamates (subject to hydrolysis) is 1. The average molecular weight is 731 g/mol. The molecule has 0 aliphatic carbocycles. The Balaban J connectivity index is 1.70. The second-order valence-corrected chi connectivity index (χ2v) is 15.4. The van der Waals surface area contributed by atoms with E-state index in [0.717, 1.165) is 39.0 Å². The van der Waals surface area contributed by atoms with Gasteiger partial charge < -0.3 is 28.5 Å². The molecule has 13 heteroatoms. The monoisotopic (exact) mass is 730 g/mol. The normalized spacial score (nSPS) is 20.8. The maximum absolute atomic E-state index is 14.0. The summed E-state index contributed by atoms with van der Waals surface area (Å²) in [6.45, 7) is 20.7. The van der Waals surface area contributed by atoms with Crippen LogP contribution in [0.15, 0.2) is 52.2 Å². The Hall–Kier alpha value is -4.75. The third kappa shape index (κ3) is 8.90. The predicted octanol–water partition coefficient (Wildman–Crippen LogP) is 6.40. The van der Waals surface area contributed by atoms with E-state index in [1.165, 1.54) is 11.3 Å². The Morgan fingerprint density at radius 3 is 2.70 bits per heavy atom. The number of esters is 1. The number of aliphatic imine (C=N–C) groups is 1. The maximum atomic E-state index is 14.0. The molecule has 53 heavy (non-hydrogen) atoms. The van der Waals surface area contributed by atoms with E-state index >= 15 is 0 Å². The summed E-state index contributed by atoms with van der Waals surface area (Å²) in [5, 5.41) is 5.09. The van der Waals surface area contributed by atoms with E-state index in [4.69, 9.17) is 28.6 Å². The Labute approximate surface area is 311 Å². The van der Waals surface area contributed by atoms with Crippen LogP contribution in [0.4, 0.5) is 4.79 Å². The summed E-state index contributed by atoms with van der Waals surface area (Å²) in [4.78, 5) is 50.0. The van der Waals surface area contributed by atoms with Crippen molar-refractivity contribution in [1.29, 1.82) is 0 Å². The maximum Gasteiger partial charge on any atom is 0.408 e. The number of carbonyl (C=O) groups is 3. The number of aromatic nitrogens is 2. The zero-order chi connectivity index (χ0) is 38.7. The van der Waals surface area contributed by atoms with Crippen LogP contribution in [-0.4, -0.2) is 82.8 Å². The topological polar surface area (TPSA) is 150 Å². The van der Waals surface area contributed by atoms with Crippen molar-refractivity contribution in [2.24, 2.45) is 10.4 Å². The summed E-state index contributed by atoms with van der Waals surface area (Å²) in [5.41, 5.74) is 7.56. The Morgan fingerprint density at radius 1 is 1.28 bits per heavy atom. The van der Waals surface area contributed by atoms with Gasteiger partial charge >= 0.3 is 12.1 Å². The Bertz CT molecular complexity index is 1910. The molecular weight excluding hydrogens is 676 g/mol. The minimum absolute atomic E-state index is 0.0266. The lowest BCUT2D eigenvalue weighted by molar-refractivity contribution is -0.155. The number of fused-ring (bicyclic) bond motifs is 6. The molecule has 13 nitrogen and oxygen atoms in total. The number of benzene rings is 1. The highest BCUT2D eigenvalue weighted by atomic mass is 16.6. The van der Waals surface area contributed by atoms with Gasteiger partial charge in [-0.3, -0.25) is 19.6 Å². The number of amides is 2. The van der Waals surface area contributed by atoms with Crippen LogP contribution in [0.1, 0.15) is 85.2 Å². The minimum Gasteiger partial charge on any atom is -0.464 e. The van der Waals surface area contributed by atoms with Crippen LogP contribution < -0.4 is 10.7 Å². The molecule has 3 aromatic rings. The summed E-state index contributed by atoms with van der Waals surface area (Å²) in [7, 11) is 1.66. The van der Waals surface area contributed by atoms with E-state index < -0.39 is 41.1 Å². The Kier molecular flexibility index (Phi) is 12.0. The van der Waals surface area contributed by atoms with Gasteiger partial charge in [-0.2, -0.15) is 0 Å². The SMILES string of the molecule is C=C/C(=C(\N=C/C)[C@H](C)OC)c1c2c3cc(ccc3n1CC)-c1nc(co1)C[C@H](NC(=O)OC(C)(C)C)C(=O)N1CCC[C@H](N1)C(=O)OCC(C)(C)C2. The van der Waals surface area contributed by atoms with Crippen molar-refractivity contribution >= 4 is 40.7 Å². The molecule has 2 aliphatic heterocycles. The van der Waals surface area contributed by atoms with E-state index in [1.54, 1.807) is 34.1 Å². The summed E-state index contributed by atoms with van der Waals surface area (Å²) >= 11 is 0. The number of nitrogens with one attached hydrogen (secondary N) is 2. The molecule has 0 saturated carbocycles. The number of cyclic esters (lactones) is 1. The molecule has 1 fully saturated rings. The molecule has 5 rings (SSSR count). The van der Waals surface area contributed by atoms with Crippen LogP contribution in [0.5, 0.6) is 0 Å². The fraction of sp³-hybridized carbons (Fsp3) is 0.525. The van der Waals surface area contributed by atoms with Crippen molar-refractivity contribution in [3.05, 3.63) is 59.8 Å². The van der Waals surface area contributed by atoms with E-state index in [9.17, 15) is 14.4 Å². The van der Waals surface area contributed by atoms with Crippen LogP contribution in [0.25, 0.3) is 27.9 Å². The molecule has 3 atom stereocenters. The van der Waals surface area contributed by atoms with Gasteiger partial charge in [0.2, 0.25) is 5.89 Å². The predicted molar refractivity (Wildman–Crippen MR) is 204 cm³/mol. The van der Waals surface area contributed by atoms with Gasteiger partial charge in [0, 0.05) is 60.3 Å². The summed E-state index contributed by atoms with van der Waals surface area (Å²) < 4.78 is 25.6. The quantitative estimate of drug-likeness (QED) is 0.160. The lowest BCUT2D eigenvalue weighted by atomic mass is 9.84. The van der Waals surface area contributed by atoms with Gasteiger partial charge in [0.1, 0.15) is 23.9 Å². The highest BCUT2D eigenvalue weighted by Crippen LogP contribution is 2.40. The fourth-order valence-corrected chi connectivity index (χ4v) is 6.93. The molecule has 6 bridgehead atoms. The van der Waals surface area contributed by atoms with Crippen molar-refractivity contribution in [3.63, 3.8) is 0 Å². The molecule has 1 aromatic carbocycles. The number of nitrogens with zero attached hydrogens (tertiary/aromatic N) is 4. The van der Waals surface area contributed by atoms with Crippen LogP contribution in [-0.2, 0) is 43.2 Å². The number of allylic oxidation sites excluding steroid dienone is 2. The number of hydrogen-bond donors (Lipinski definition) is 2. The highest BCUT2D eigenvalue weighted by Gasteiger charge is 2.36.